The summed E-state index contributed by atoms with van der Waals surface area (Å²) in [5.41, 5.74) is 9.82. The van der Waals surface area contributed by atoms with E-state index in [4.69, 9.17) is 17.3 Å². The first-order valence-corrected chi connectivity index (χ1v) is 7.21. The first-order valence-electron chi connectivity index (χ1n) is 6.83. The van der Waals surface area contributed by atoms with Crippen LogP contribution in [0.2, 0.25) is 5.02 Å². The van der Waals surface area contributed by atoms with Gasteiger partial charge in [-0.1, -0.05) is 24.6 Å². The Hall–Kier alpha value is -0.570. The highest BCUT2D eigenvalue weighted by Gasteiger charge is 2.21. The maximum atomic E-state index is 6.32. The van der Waals surface area contributed by atoms with Gasteiger partial charge in [0, 0.05) is 30.2 Å². The second-order valence-corrected chi connectivity index (χ2v) is 5.82. The number of rotatable bonds is 3. The normalized spacial score (nSPS) is 19.4. The molecule has 2 rings (SSSR count). The zero-order valence-electron chi connectivity index (χ0n) is 11.5. The van der Waals surface area contributed by atoms with Gasteiger partial charge < -0.3 is 5.73 Å². The van der Waals surface area contributed by atoms with E-state index in [0.717, 1.165) is 30.1 Å². The Labute approximate surface area is 115 Å². The third-order valence-electron chi connectivity index (χ3n) is 4.07. The van der Waals surface area contributed by atoms with Crippen LogP contribution in [0.5, 0.6) is 0 Å². The fourth-order valence-electron chi connectivity index (χ4n) is 2.60. The SMILES string of the molecule is CCC(C)N1CCc2cc(C(C)N)c(Cl)cc2C1. The molecule has 0 aliphatic carbocycles. The van der Waals surface area contributed by atoms with Crippen molar-refractivity contribution in [1.82, 2.24) is 4.90 Å². The molecule has 100 valence electrons. The molecule has 2 atom stereocenters. The smallest absolute Gasteiger partial charge is 0.0457 e. The molecule has 0 amide bonds. The molecule has 2 unspecified atom stereocenters. The van der Waals surface area contributed by atoms with E-state index in [-0.39, 0.29) is 6.04 Å². The second-order valence-electron chi connectivity index (χ2n) is 5.41. The van der Waals surface area contributed by atoms with Crippen molar-refractivity contribution in [2.45, 2.75) is 52.2 Å². The molecule has 1 aromatic carbocycles. The van der Waals surface area contributed by atoms with E-state index in [1.165, 1.54) is 17.5 Å². The zero-order valence-corrected chi connectivity index (χ0v) is 12.3. The maximum absolute atomic E-state index is 6.32. The van der Waals surface area contributed by atoms with E-state index in [1.54, 1.807) is 0 Å². The van der Waals surface area contributed by atoms with Gasteiger partial charge in [0.2, 0.25) is 0 Å². The van der Waals surface area contributed by atoms with E-state index in [2.05, 4.69) is 30.9 Å². The molecule has 0 bridgehead atoms. The number of hydrogen-bond acceptors (Lipinski definition) is 2. The van der Waals surface area contributed by atoms with Crippen molar-refractivity contribution in [2.24, 2.45) is 5.73 Å². The van der Waals surface area contributed by atoms with E-state index in [9.17, 15) is 0 Å². The number of fused-ring (bicyclic) bond motifs is 1. The number of nitrogens with two attached hydrogens (primary N) is 1. The molecule has 1 heterocycles. The van der Waals surface area contributed by atoms with Crippen LogP contribution in [0.3, 0.4) is 0 Å². The van der Waals surface area contributed by atoms with Gasteiger partial charge in [0.25, 0.3) is 0 Å². The first kappa shape index (κ1) is 13.9. The van der Waals surface area contributed by atoms with E-state index >= 15 is 0 Å². The number of hydrogen-bond donors (Lipinski definition) is 1. The highest BCUT2D eigenvalue weighted by atomic mass is 35.5. The van der Waals surface area contributed by atoms with Gasteiger partial charge in [-0.25, -0.2) is 0 Å². The predicted molar refractivity (Wildman–Crippen MR) is 77.9 cm³/mol. The first-order chi connectivity index (χ1) is 8.52. The topological polar surface area (TPSA) is 29.3 Å². The Bertz CT molecular complexity index is 429. The molecule has 1 aliphatic rings. The Morgan fingerprint density at radius 1 is 1.33 bits per heavy atom. The van der Waals surface area contributed by atoms with Crippen molar-refractivity contribution in [3.8, 4) is 0 Å². The minimum Gasteiger partial charge on any atom is -0.324 e. The Kier molecular flexibility index (Phi) is 4.31. The highest BCUT2D eigenvalue weighted by molar-refractivity contribution is 6.31. The quantitative estimate of drug-likeness (QED) is 0.907. The van der Waals surface area contributed by atoms with Gasteiger partial charge in [-0.05, 0) is 49.4 Å². The molecular formula is C15H23ClN2. The molecule has 1 aliphatic heterocycles. The van der Waals surface area contributed by atoms with Crippen LogP contribution in [-0.4, -0.2) is 17.5 Å². The van der Waals surface area contributed by atoms with Crippen LogP contribution in [-0.2, 0) is 13.0 Å². The molecule has 0 radical (unpaired) electrons. The average molecular weight is 267 g/mol. The fourth-order valence-corrected chi connectivity index (χ4v) is 2.96. The van der Waals surface area contributed by atoms with Crippen LogP contribution in [0.15, 0.2) is 12.1 Å². The van der Waals surface area contributed by atoms with Crippen LogP contribution in [0.25, 0.3) is 0 Å². The molecule has 3 heteroatoms. The van der Waals surface area contributed by atoms with Crippen LogP contribution in [0.1, 0.15) is 49.9 Å². The molecular weight excluding hydrogens is 244 g/mol. The summed E-state index contributed by atoms with van der Waals surface area (Å²) in [5.74, 6) is 0. The van der Waals surface area contributed by atoms with Gasteiger partial charge in [-0.15, -0.1) is 0 Å². The van der Waals surface area contributed by atoms with Crippen LogP contribution in [0, 0.1) is 0 Å². The molecule has 2 nitrogen and oxygen atoms in total. The van der Waals surface area contributed by atoms with E-state index in [1.807, 2.05) is 6.92 Å². The lowest BCUT2D eigenvalue weighted by Gasteiger charge is -2.33. The molecule has 2 N–H and O–H groups in total. The van der Waals surface area contributed by atoms with Crippen LogP contribution in [0.4, 0.5) is 0 Å². The van der Waals surface area contributed by atoms with Crippen molar-refractivity contribution in [1.29, 1.82) is 0 Å². The summed E-state index contributed by atoms with van der Waals surface area (Å²) in [7, 11) is 0. The monoisotopic (exact) mass is 266 g/mol. The lowest BCUT2D eigenvalue weighted by atomic mass is 9.94. The summed E-state index contributed by atoms with van der Waals surface area (Å²) in [6.07, 6.45) is 2.30. The lowest BCUT2D eigenvalue weighted by molar-refractivity contribution is 0.186. The fraction of sp³-hybridized carbons (Fsp3) is 0.600. The molecule has 0 spiro atoms. The Morgan fingerprint density at radius 3 is 2.67 bits per heavy atom. The molecule has 0 saturated heterocycles. The predicted octanol–water partition coefficient (Wildman–Crippen LogP) is 3.52. The van der Waals surface area contributed by atoms with Crippen LogP contribution < -0.4 is 5.73 Å². The molecule has 0 aromatic heterocycles. The number of halogens is 1. The lowest BCUT2D eigenvalue weighted by Crippen LogP contribution is -2.37. The molecule has 0 fully saturated rings. The van der Waals surface area contributed by atoms with Crippen molar-refractivity contribution >= 4 is 11.6 Å². The molecule has 18 heavy (non-hydrogen) atoms. The average Bonchev–Trinajstić information content (AvgIpc) is 2.35. The molecule has 1 aromatic rings. The van der Waals surface area contributed by atoms with Crippen molar-refractivity contribution < 1.29 is 0 Å². The largest absolute Gasteiger partial charge is 0.324 e. The Balaban J connectivity index is 2.26. The minimum absolute atomic E-state index is 0.00963. The Morgan fingerprint density at radius 2 is 2.06 bits per heavy atom. The van der Waals surface area contributed by atoms with Gasteiger partial charge in [0.05, 0.1) is 0 Å². The summed E-state index contributed by atoms with van der Waals surface area (Å²) >= 11 is 6.32. The zero-order chi connectivity index (χ0) is 13.3. The van der Waals surface area contributed by atoms with Gasteiger partial charge in [-0.3, -0.25) is 4.90 Å². The van der Waals surface area contributed by atoms with Crippen LogP contribution >= 0.6 is 11.6 Å². The molecule has 0 saturated carbocycles. The second kappa shape index (κ2) is 5.60. The van der Waals surface area contributed by atoms with E-state index in [0.29, 0.717) is 6.04 Å². The summed E-state index contributed by atoms with van der Waals surface area (Å²) in [4.78, 5) is 2.53. The van der Waals surface area contributed by atoms with E-state index < -0.39 is 0 Å². The van der Waals surface area contributed by atoms with Crippen molar-refractivity contribution in [3.63, 3.8) is 0 Å². The van der Waals surface area contributed by atoms with Crippen molar-refractivity contribution in [3.05, 3.63) is 33.8 Å². The van der Waals surface area contributed by atoms with Gasteiger partial charge in [-0.2, -0.15) is 0 Å². The van der Waals surface area contributed by atoms with Gasteiger partial charge in [0.15, 0.2) is 0 Å². The highest BCUT2D eigenvalue weighted by Crippen LogP contribution is 2.29. The summed E-state index contributed by atoms with van der Waals surface area (Å²) in [5, 5.41) is 0.815. The van der Waals surface area contributed by atoms with Crippen molar-refractivity contribution in [2.75, 3.05) is 6.54 Å². The summed E-state index contributed by atoms with van der Waals surface area (Å²) in [6.45, 7) is 8.68. The van der Waals surface area contributed by atoms with Gasteiger partial charge in [0.1, 0.15) is 0 Å². The standard InChI is InChI=1S/C15H23ClN2/c1-4-10(2)18-6-5-12-7-14(11(3)17)15(16)8-13(12)9-18/h7-8,10-11H,4-6,9,17H2,1-3H3. The maximum Gasteiger partial charge on any atom is 0.0457 e. The third kappa shape index (κ3) is 2.71. The third-order valence-corrected chi connectivity index (χ3v) is 4.39. The number of benzene rings is 1. The summed E-state index contributed by atoms with van der Waals surface area (Å²) < 4.78 is 0. The summed E-state index contributed by atoms with van der Waals surface area (Å²) in [6, 6.07) is 4.97. The minimum atomic E-state index is 0.00963. The number of nitrogens with zero attached hydrogens (tertiary/aromatic N) is 1. The van der Waals surface area contributed by atoms with Gasteiger partial charge >= 0.3 is 0 Å².